The van der Waals surface area contributed by atoms with Crippen LogP contribution in [0.2, 0.25) is 0 Å². The van der Waals surface area contributed by atoms with E-state index in [1.807, 2.05) is 12.1 Å². The van der Waals surface area contributed by atoms with Gasteiger partial charge in [0.2, 0.25) is 0 Å². The molecule has 1 heterocycles. The minimum Gasteiger partial charge on any atom is -0.465 e. The second-order valence-electron chi connectivity index (χ2n) is 5.81. The van der Waals surface area contributed by atoms with Gasteiger partial charge in [0.15, 0.2) is 0 Å². The summed E-state index contributed by atoms with van der Waals surface area (Å²) in [5.41, 5.74) is 2.25. The first-order valence-electron chi connectivity index (χ1n) is 6.09. The fourth-order valence-corrected chi connectivity index (χ4v) is 3.36. The number of carboxylic acid groups (broad SMARTS) is 1. The van der Waals surface area contributed by atoms with Crippen LogP contribution in [0, 0.1) is 5.41 Å². The molecule has 0 aromatic heterocycles. The van der Waals surface area contributed by atoms with Crippen molar-refractivity contribution in [2.24, 2.45) is 5.41 Å². The monoisotopic (exact) mass is 311 g/mol. The van der Waals surface area contributed by atoms with E-state index < -0.39 is 6.09 Å². The van der Waals surface area contributed by atoms with E-state index in [0.717, 1.165) is 16.5 Å². The Morgan fingerprint density at radius 1 is 1.44 bits per heavy atom. The van der Waals surface area contributed by atoms with Crippen LogP contribution in [0.3, 0.4) is 0 Å². The van der Waals surface area contributed by atoms with Gasteiger partial charge in [0, 0.05) is 11.0 Å². The molecule has 1 atom stereocenters. The van der Waals surface area contributed by atoms with E-state index in [1.165, 1.54) is 5.56 Å². The largest absolute Gasteiger partial charge is 0.465 e. The molecule has 2 rings (SSSR count). The maximum atomic E-state index is 11.4. The average Bonchev–Trinajstić information content (AvgIpc) is 2.26. The van der Waals surface area contributed by atoms with Gasteiger partial charge in [-0.25, -0.2) is 4.79 Å². The lowest BCUT2D eigenvalue weighted by Gasteiger charge is -2.43. The number of benzene rings is 1. The Morgan fingerprint density at radius 3 is 2.67 bits per heavy atom. The molecule has 0 saturated heterocycles. The molecule has 1 unspecified atom stereocenters. The zero-order valence-corrected chi connectivity index (χ0v) is 12.5. The number of halogens is 1. The molecule has 0 fully saturated rings. The number of nitrogens with zero attached hydrogens (tertiary/aromatic N) is 1. The van der Waals surface area contributed by atoms with E-state index in [0.29, 0.717) is 6.54 Å². The van der Waals surface area contributed by atoms with Crippen LogP contribution in [-0.2, 0) is 6.42 Å². The Bertz CT molecular complexity index is 479. The van der Waals surface area contributed by atoms with Crippen LogP contribution in [0.5, 0.6) is 0 Å². The number of hydrogen-bond donors (Lipinski definition) is 1. The topological polar surface area (TPSA) is 40.5 Å². The van der Waals surface area contributed by atoms with E-state index in [4.69, 9.17) is 0 Å². The zero-order chi connectivity index (χ0) is 13.5. The third-order valence-electron chi connectivity index (χ3n) is 3.42. The second-order valence-corrected chi connectivity index (χ2v) is 6.66. The Morgan fingerprint density at radius 2 is 2.11 bits per heavy atom. The van der Waals surface area contributed by atoms with Crippen molar-refractivity contribution in [1.82, 2.24) is 4.90 Å². The first-order chi connectivity index (χ1) is 8.32. The molecule has 0 aliphatic carbocycles. The van der Waals surface area contributed by atoms with Gasteiger partial charge in [0.1, 0.15) is 0 Å². The Labute approximate surface area is 116 Å². The molecule has 0 saturated carbocycles. The lowest BCUT2D eigenvalue weighted by molar-refractivity contribution is 0.0755. The summed E-state index contributed by atoms with van der Waals surface area (Å²) in [5.74, 6) is 0. The van der Waals surface area contributed by atoms with Crippen molar-refractivity contribution in [3.05, 3.63) is 33.8 Å². The first kappa shape index (κ1) is 13.4. The van der Waals surface area contributed by atoms with Gasteiger partial charge in [0.25, 0.3) is 0 Å². The summed E-state index contributed by atoms with van der Waals surface area (Å²) in [5, 5.41) is 9.40. The minimum atomic E-state index is -0.837. The van der Waals surface area contributed by atoms with Gasteiger partial charge < -0.3 is 10.0 Å². The molecule has 1 aromatic carbocycles. The fraction of sp³-hybridized carbons (Fsp3) is 0.500. The standard InChI is InChI=1S/C14H18BrNO2/c1-14(2,3)12-11-9(5-4-6-10(11)15)7-8-16(12)13(17)18/h4-6,12H,7-8H2,1-3H3,(H,17,18). The number of fused-ring (bicyclic) bond motifs is 1. The van der Waals surface area contributed by atoms with Gasteiger partial charge >= 0.3 is 6.09 Å². The van der Waals surface area contributed by atoms with Crippen LogP contribution in [0.1, 0.15) is 37.9 Å². The van der Waals surface area contributed by atoms with Crippen molar-refractivity contribution < 1.29 is 9.90 Å². The van der Waals surface area contributed by atoms with Gasteiger partial charge in [-0.05, 0) is 29.0 Å². The molecule has 1 amide bonds. The molecule has 1 N–H and O–H groups in total. The predicted octanol–water partition coefficient (Wildman–Crippen LogP) is 4.07. The molecule has 3 nitrogen and oxygen atoms in total. The molecule has 4 heteroatoms. The lowest BCUT2D eigenvalue weighted by Crippen LogP contribution is -2.44. The summed E-state index contributed by atoms with van der Waals surface area (Å²) in [6.45, 7) is 6.83. The normalized spacial score (nSPS) is 19.6. The molecule has 98 valence electrons. The SMILES string of the molecule is CC(C)(C)C1c2c(Br)cccc2CCN1C(=O)O. The van der Waals surface area contributed by atoms with Gasteiger partial charge in [-0.15, -0.1) is 0 Å². The van der Waals surface area contributed by atoms with Crippen LogP contribution in [-0.4, -0.2) is 22.6 Å². The van der Waals surface area contributed by atoms with E-state index in [2.05, 4.69) is 42.8 Å². The van der Waals surface area contributed by atoms with Crippen molar-refractivity contribution in [3.63, 3.8) is 0 Å². The third-order valence-corrected chi connectivity index (χ3v) is 4.11. The van der Waals surface area contributed by atoms with E-state index in [9.17, 15) is 9.90 Å². The highest BCUT2D eigenvalue weighted by molar-refractivity contribution is 9.10. The van der Waals surface area contributed by atoms with E-state index in [-0.39, 0.29) is 11.5 Å². The summed E-state index contributed by atoms with van der Waals surface area (Å²) >= 11 is 3.57. The maximum absolute atomic E-state index is 11.4. The molecular weight excluding hydrogens is 294 g/mol. The second kappa shape index (κ2) is 4.57. The molecule has 0 radical (unpaired) electrons. The lowest BCUT2D eigenvalue weighted by atomic mass is 9.77. The highest BCUT2D eigenvalue weighted by atomic mass is 79.9. The summed E-state index contributed by atoms with van der Waals surface area (Å²) in [6.07, 6.45) is -0.0514. The quantitative estimate of drug-likeness (QED) is 0.784. The fourth-order valence-electron chi connectivity index (χ4n) is 2.74. The van der Waals surface area contributed by atoms with Crippen LogP contribution >= 0.6 is 15.9 Å². The van der Waals surface area contributed by atoms with Crippen LogP contribution in [0.25, 0.3) is 0 Å². The van der Waals surface area contributed by atoms with Gasteiger partial charge in [-0.3, -0.25) is 0 Å². The predicted molar refractivity (Wildman–Crippen MR) is 74.8 cm³/mol. The van der Waals surface area contributed by atoms with Gasteiger partial charge in [-0.2, -0.15) is 0 Å². The smallest absolute Gasteiger partial charge is 0.407 e. The van der Waals surface area contributed by atoms with Crippen LogP contribution < -0.4 is 0 Å². The Kier molecular flexibility index (Phi) is 3.41. The van der Waals surface area contributed by atoms with E-state index in [1.54, 1.807) is 4.90 Å². The van der Waals surface area contributed by atoms with Crippen molar-refractivity contribution >= 4 is 22.0 Å². The Balaban J connectivity index is 2.59. The molecule has 1 aliphatic heterocycles. The minimum absolute atomic E-state index is 0.102. The van der Waals surface area contributed by atoms with E-state index >= 15 is 0 Å². The van der Waals surface area contributed by atoms with Crippen molar-refractivity contribution in [2.75, 3.05) is 6.54 Å². The summed E-state index contributed by atoms with van der Waals surface area (Å²) in [6, 6.07) is 5.99. The highest BCUT2D eigenvalue weighted by Gasteiger charge is 2.39. The molecule has 0 bridgehead atoms. The number of carbonyl (C=O) groups is 1. The third kappa shape index (κ3) is 2.26. The van der Waals surface area contributed by atoms with Gasteiger partial charge in [0.05, 0.1) is 6.04 Å². The number of amides is 1. The summed E-state index contributed by atoms with van der Waals surface area (Å²) in [7, 11) is 0. The molecule has 1 aliphatic rings. The van der Waals surface area contributed by atoms with Gasteiger partial charge in [-0.1, -0.05) is 48.8 Å². The molecule has 1 aromatic rings. The highest BCUT2D eigenvalue weighted by Crippen LogP contribution is 2.45. The molecule has 18 heavy (non-hydrogen) atoms. The average molecular weight is 312 g/mol. The van der Waals surface area contributed by atoms with Crippen molar-refractivity contribution in [3.8, 4) is 0 Å². The molecule has 0 spiro atoms. The Hall–Kier alpha value is -1.03. The number of hydrogen-bond acceptors (Lipinski definition) is 1. The molecular formula is C14H18BrNO2. The first-order valence-corrected chi connectivity index (χ1v) is 6.88. The van der Waals surface area contributed by atoms with Crippen molar-refractivity contribution in [2.45, 2.75) is 33.2 Å². The maximum Gasteiger partial charge on any atom is 0.407 e. The summed E-state index contributed by atoms with van der Waals surface area (Å²) in [4.78, 5) is 13.0. The number of rotatable bonds is 0. The zero-order valence-electron chi connectivity index (χ0n) is 10.9. The van der Waals surface area contributed by atoms with Crippen molar-refractivity contribution in [1.29, 1.82) is 0 Å². The summed E-state index contributed by atoms with van der Waals surface area (Å²) < 4.78 is 1.01. The van der Waals surface area contributed by atoms with Crippen LogP contribution in [0.4, 0.5) is 4.79 Å². The van der Waals surface area contributed by atoms with Crippen LogP contribution in [0.15, 0.2) is 22.7 Å².